The number of aryl methyl sites for hydroxylation is 2. The van der Waals surface area contributed by atoms with Gasteiger partial charge >= 0.3 is 5.97 Å². The number of rotatable bonds is 3. The van der Waals surface area contributed by atoms with Gasteiger partial charge in [0.25, 0.3) is 0 Å². The van der Waals surface area contributed by atoms with Crippen molar-refractivity contribution in [2.75, 3.05) is 0 Å². The van der Waals surface area contributed by atoms with Crippen LogP contribution in [-0.4, -0.2) is 26.1 Å². The van der Waals surface area contributed by atoms with Gasteiger partial charge in [0, 0.05) is 11.9 Å². The van der Waals surface area contributed by atoms with Crippen LogP contribution < -0.4 is 4.74 Å². The molecule has 2 rings (SSSR count). The molecule has 0 atom stereocenters. The summed E-state index contributed by atoms with van der Waals surface area (Å²) in [6, 6.07) is 3.54. The van der Waals surface area contributed by atoms with E-state index < -0.39 is 11.6 Å². The van der Waals surface area contributed by atoms with Crippen molar-refractivity contribution in [3.05, 3.63) is 29.7 Å². The quantitative estimate of drug-likeness (QED) is 0.904. The number of carboxylic acid groups (broad SMARTS) is 1. The van der Waals surface area contributed by atoms with Gasteiger partial charge in [0.15, 0.2) is 17.0 Å². The monoisotopic (exact) mass is 248 g/mol. The molecule has 0 aromatic carbocycles. The standard InChI is InChI=1S/C13H16N2O3/c1-8-9(2)15-7-5-6-10(11(15)14-8)18-13(3,4)12(16)17/h5-7H,1-4H3,(H,16,17). The maximum atomic E-state index is 11.1. The minimum atomic E-state index is -1.28. The minimum absolute atomic E-state index is 0.473. The highest BCUT2D eigenvalue weighted by Gasteiger charge is 2.30. The van der Waals surface area contributed by atoms with Crippen molar-refractivity contribution < 1.29 is 14.6 Å². The Balaban J connectivity index is 2.53. The van der Waals surface area contributed by atoms with E-state index in [-0.39, 0.29) is 0 Å². The topological polar surface area (TPSA) is 63.8 Å². The van der Waals surface area contributed by atoms with E-state index in [0.717, 1.165) is 11.4 Å². The molecule has 1 N–H and O–H groups in total. The fourth-order valence-electron chi connectivity index (χ4n) is 1.67. The number of carbonyl (C=O) groups is 1. The molecule has 0 saturated carbocycles. The number of aliphatic carboxylic acids is 1. The van der Waals surface area contributed by atoms with E-state index in [1.807, 2.05) is 30.5 Å². The highest BCUT2D eigenvalue weighted by atomic mass is 16.5. The lowest BCUT2D eigenvalue weighted by Crippen LogP contribution is -2.38. The van der Waals surface area contributed by atoms with Crippen LogP contribution in [-0.2, 0) is 4.79 Å². The molecule has 0 unspecified atom stereocenters. The average Bonchev–Trinajstić information content (AvgIpc) is 2.57. The molecule has 0 bridgehead atoms. The van der Waals surface area contributed by atoms with E-state index >= 15 is 0 Å². The largest absolute Gasteiger partial charge is 0.478 e. The number of hydrogen-bond donors (Lipinski definition) is 1. The lowest BCUT2D eigenvalue weighted by atomic mass is 10.1. The van der Waals surface area contributed by atoms with Crippen molar-refractivity contribution in [2.24, 2.45) is 0 Å². The molecule has 0 spiro atoms. The molecular weight excluding hydrogens is 232 g/mol. The van der Waals surface area contributed by atoms with Gasteiger partial charge in [-0.1, -0.05) is 0 Å². The summed E-state index contributed by atoms with van der Waals surface area (Å²) in [5, 5.41) is 9.08. The Kier molecular flexibility index (Phi) is 2.77. The number of imidazole rings is 1. The first-order chi connectivity index (χ1) is 8.33. The third-order valence-electron chi connectivity index (χ3n) is 2.97. The molecule has 2 aromatic heterocycles. The van der Waals surface area contributed by atoms with Gasteiger partial charge in [-0.3, -0.25) is 0 Å². The molecule has 0 radical (unpaired) electrons. The van der Waals surface area contributed by atoms with E-state index in [1.54, 1.807) is 6.07 Å². The van der Waals surface area contributed by atoms with Gasteiger partial charge in [0.05, 0.1) is 5.69 Å². The SMILES string of the molecule is Cc1nc2c(OC(C)(C)C(=O)O)cccn2c1C. The van der Waals surface area contributed by atoms with Gasteiger partial charge in [-0.2, -0.15) is 0 Å². The van der Waals surface area contributed by atoms with E-state index in [2.05, 4.69) is 4.98 Å². The molecule has 18 heavy (non-hydrogen) atoms. The average molecular weight is 248 g/mol. The van der Waals surface area contributed by atoms with E-state index in [4.69, 9.17) is 9.84 Å². The Bertz CT molecular complexity index is 614. The van der Waals surface area contributed by atoms with Crippen LogP contribution >= 0.6 is 0 Å². The third kappa shape index (κ3) is 1.92. The summed E-state index contributed by atoms with van der Waals surface area (Å²) in [4.78, 5) is 15.5. The maximum Gasteiger partial charge on any atom is 0.347 e. The van der Waals surface area contributed by atoms with Crippen LogP contribution in [0.1, 0.15) is 25.2 Å². The van der Waals surface area contributed by atoms with Crippen molar-refractivity contribution in [3.8, 4) is 5.75 Å². The Morgan fingerprint density at radius 1 is 1.44 bits per heavy atom. The molecular formula is C13H16N2O3. The van der Waals surface area contributed by atoms with Crippen molar-refractivity contribution in [2.45, 2.75) is 33.3 Å². The number of ether oxygens (including phenoxy) is 1. The fourth-order valence-corrected chi connectivity index (χ4v) is 1.67. The van der Waals surface area contributed by atoms with E-state index in [1.165, 1.54) is 13.8 Å². The summed E-state index contributed by atoms with van der Waals surface area (Å²) in [6.45, 7) is 6.90. The van der Waals surface area contributed by atoms with Gasteiger partial charge in [0.2, 0.25) is 0 Å². The summed E-state index contributed by atoms with van der Waals surface area (Å²) < 4.78 is 7.45. The summed E-state index contributed by atoms with van der Waals surface area (Å²) >= 11 is 0. The van der Waals surface area contributed by atoms with Crippen LogP contribution in [0.4, 0.5) is 0 Å². The van der Waals surface area contributed by atoms with Crippen LogP contribution in [0.3, 0.4) is 0 Å². The maximum absolute atomic E-state index is 11.1. The number of carboxylic acids is 1. The molecule has 5 nitrogen and oxygen atoms in total. The van der Waals surface area contributed by atoms with E-state index in [0.29, 0.717) is 11.4 Å². The number of pyridine rings is 1. The number of hydrogen-bond acceptors (Lipinski definition) is 3. The van der Waals surface area contributed by atoms with Gasteiger partial charge in [-0.05, 0) is 39.8 Å². The van der Waals surface area contributed by atoms with Crippen molar-refractivity contribution in [1.82, 2.24) is 9.38 Å². The second-order valence-electron chi connectivity index (χ2n) is 4.77. The first-order valence-electron chi connectivity index (χ1n) is 5.69. The van der Waals surface area contributed by atoms with Crippen molar-refractivity contribution >= 4 is 11.6 Å². The minimum Gasteiger partial charge on any atom is -0.478 e. The summed E-state index contributed by atoms with van der Waals surface area (Å²) in [5.41, 5.74) is 1.28. The molecule has 0 aliphatic carbocycles. The van der Waals surface area contributed by atoms with Crippen LogP contribution in [0.15, 0.2) is 18.3 Å². The molecule has 0 fully saturated rings. The van der Waals surface area contributed by atoms with Crippen molar-refractivity contribution in [1.29, 1.82) is 0 Å². The van der Waals surface area contributed by atoms with Crippen LogP contribution in [0, 0.1) is 13.8 Å². The van der Waals surface area contributed by atoms with Gasteiger partial charge in [-0.15, -0.1) is 0 Å². The summed E-state index contributed by atoms with van der Waals surface area (Å²) in [6.07, 6.45) is 1.88. The molecule has 0 saturated heterocycles. The zero-order valence-electron chi connectivity index (χ0n) is 10.9. The molecule has 0 aliphatic rings. The summed E-state index contributed by atoms with van der Waals surface area (Å²) in [7, 11) is 0. The third-order valence-corrected chi connectivity index (χ3v) is 2.97. The Labute approximate surface area is 105 Å². The molecule has 0 aliphatic heterocycles. The smallest absolute Gasteiger partial charge is 0.347 e. The molecule has 0 amide bonds. The zero-order valence-corrected chi connectivity index (χ0v) is 10.9. The Hall–Kier alpha value is -2.04. The second kappa shape index (κ2) is 4.01. The van der Waals surface area contributed by atoms with Crippen LogP contribution in [0.5, 0.6) is 5.75 Å². The fraction of sp³-hybridized carbons (Fsp3) is 0.385. The van der Waals surface area contributed by atoms with Gasteiger partial charge in [0.1, 0.15) is 0 Å². The normalized spacial score (nSPS) is 11.8. The lowest BCUT2D eigenvalue weighted by molar-refractivity contribution is -0.152. The summed E-state index contributed by atoms with van der Waals surface area (Å²) in [5.74, 6) is -0.536. The first kappa shape index (κ1) is 12.4. The highest BCUT2D eigenvalue weighted by Crippen LogP contribution is 2.25. The zero-order chi connectivity index (χ0) is 13.5. The molecule has 96 valence electrons. The predicted molar refractivity (Wildman–Crippen MR) is 67.0 cm³/mol. The predicted octanol–water partition coefficient (Wildman–Crippen LogP) is 2.19. The van der Waals surface area contributed by atoms with Crippen molar-refractivity contribution in [3.63, 3.8) is 0 Å². The Morgan fingerprint density at radius 3 is 2.72 bits per heavy atom. The van der Waals surface area contributed by atoms with Crippen LogP contribution in [0.25, 0.3) is 5.65 Å². The first-order valence-corrected chi connectivity index (χ1v) is 5.69. The van der Waals surface area contributed by atoms with Gasteiger partial charge < -0.3 is 14.2 Å². The molecule has 2 heterocycles. The highest BCUT2D eigenvalue weighted by molar-refractivity contribution is 5.77. The van der Waals surface area contributed by atoms with Gasteiger partial charge in [-0.25, -0.2) is 9.78 Å². The molecule has 2 aromatic rings. The van der Waals surface area contributed by atoms with E-state index in [9.17, 15) is 4.79 Å². The lowest BCUT2D eigenvalue weighted by Gasteiger charge is -2.21. The number of nitrogens with zero attached hydrogens (tertiary/aromatic N) is 2. The Morgan fingerprint density at radius 2 is 2.11 bits per heavy atom. The number of aromatic nitrogens is 2. The second-order valence-corrected chi connectivity index (χ2v) is 4.77. The van der Waals surface area contributed by atoms with Crippen LogP contribution in [0.2, 0.25) is 0 Å². The molecule has 5 heteroatoms. The number of fused-ring (bicyclic) bond motifs is 1.